The van der Waals surface area contributed by atoms with Crippen molar-refractivity contribution in [3.63, 3.8) is 0 Å². The molecule has 0 aromatic heterocycles. The number of hydrogen-bond donors (Lipinski definition) is 2. The van der Waals surface area contributed by atoms with Crippen molar-refractivity contribution in [1.82, 2.24) is 14.5 Å². The molecule has 0 spiro atoms. The number of hydrogen-bond acceptors (Lipinski definition) is 10. The summed E-state index contributed by atoms with van der Waals surface area (Å²) in [5.74, 6) is -0.542. The fourth-order valence-electron chi connectivity index (χ4n) is 7.95. The van der Waals surface area contributed by atoms with Crippen LogP contribution < -0.4 is 14.9 Å². The van der Waals surface area contributed by atoms with Gasteiger partial charge in [0.15, 0.2) is 0 Å². The average molecular weight is 977 g/mol. The Morgan fingerprint density at radius 1 is 0.922 bits per heavy atom. The Bertz CT molecular complexity index is 2500. The summed E-state index contributed by atoms with van der Waals surface area (Å²) in [6.45, 7) is 13.4. The molecule has 17 heteroatoms. The van der Waals surface area contributed by atoms with Gasteiger partial charge in [0.2, 0.25) is 0 Å². The lowest BCUT2D eigenvalue weighted by Gasteiger charge is -2.39. The van der Waals surface area contributed by atoms with E-state index in [0.717, 1.165) is 79.7 Å². The molecule has 1 aliphatic heterocycles. The van der Waals surface area contributed by atoms with Gasteiger partial charge >= 0.3 is 4.71 Å². The third kappa shape index (κ3) is 12.8. The second-order valence-corrected chi connectivity index (χ2v) is 23.5. The van der Waals surface area contributed by atoms with Gasteiger partial charge in [-0.25, -0.2) is 21.6 Å². The van der Waals surface area contributed by atoms with Crippen molar-refractivity contribution in [1.29, 1.82) is 0 Å². The number of piperazine rings is 1. The largest absolute Gasteiger partial charge is 0.427 e. The third-order valence-corrected chi connectivity index (χ3v) is 16.9. The van der Waals surface area contributed by atoms with E-state index in [1.807, 2.05) is 68.1 Å². The van der Waals surface area contributed by atoms with Crippen molar-refractivity contribution in [3.8, 4) is 0 Å². The molecule has 0 saturated carbocycles. The minimum Gasteiger partial charge on any atom is -0.380 e. The molecular weight excluding hydrogens is 920 g/mol. The quantitative estimate of drug-likeness (QED) is 0.0737. The van der Waals surface area contributed by atoms with Gasteiger partial charge in [0.25, 0.3) is 25.8 Å². The van der Waals surface area contributed by atoms with E-state index in [2.05, 4.69) is 46.0 Å². The highest BCUT2D eigenvalue weighted by Crippen LogP contribution is 2.43. The number of rotatable bonds is 18. The Morgan fingerprint density at radius 3 is 2.20 bits per heavy atom. The summed E-state index contributed by atoms with van der Waals surface area (Å²) in [6, 6.07) is 26.7. The van der Waals surface area contributed by atoms with E-state index in [4.69, 9.17) is 23.2 Å². The van der Waals surface area contributed by atoms with Gasteiger partial charge < -0.3 is 15.1 Å². The molecule has 4 aromatic carbocycles. The minimum absolute atomic E-state index is 0.0380. The van der Waals surface area contributed by atoms with Crippen molar-refractivity contribution in [2.75, 3.05) is 62.3 Å². The maximum Gasteiger partial charge on any atom is 0.427 e. The smallest absolute Gasteiger partial charge is 0.380 e. The van der Waals surface area contributed by atoms with Gasteiger partial charge in [-0.1, -0.05) is 61.4 Å². The van der Waals surface area contributed by atoms with Crippen LogP contribution in [0.3, 0.4) is 0 Å². The van der Waals surface area contributed by atoms with Crippen LogP contribution in [0.4, 0.5) is 20.2 Å². The Balaban J connectivity index is 1.13. The van der Waals surface area contributed by atoms with Gasteiger partial charge in [-0.3, -0.25) is 9.69 Å². The van der Waals surface area contributed by atoms with Crippen LogP contribution in [-0.4, -0.2) is 101 Å². The van der Waals surface area contributed by atoms with Crippen molar-refractivity contribution in [2.24, 2.45) is 5.41 Å². The molecule has 1 fully saturated rings. The van der Waals surface area contributed by atoms with E-state index in [-0.39, 0.29) is 22.7 Å². The van der Waals surface area contributed by atoms with E-state index in [0.29, 0.717) is 24.8 Å². The Kier molecular flexibility index (Phi) is 16.2. The summed E-state index contributed by atoms with van der Waals surface area (Å²) in [4.78, 5) is 19.4. The summed E-state index contributed by atoms with van der Waals surface area (Å²) in [6.07, 6.45) is 3.68. The molecule has 64 heavy (non-hydrogen) atoms. The van der Waals surface area contributed by atoms with Crippen molar-refractivity contribution in [3.05, 3.63) is 119 Å². The Hall–Kier alpha value is -3.70. The molecule has 4 aromatic rings. The van der Waals surface area contributed by atoms with Crippen LogP contribution in [0.1, 0.15) is 69.3 Å². The summed E-state index contributed by atoms with van der Waals surface area (Å²) < 4.78 is 80.1. The number of sulfonamides is 1. The lowest BCUT2D eigenvalue weighted by Crippen LogP contribution is -2.47. The number of amides is 1. The first-order valence-corrected chi connectivity index (χ1v) is 26.0. The van der Waals surface area contributed by atoms with Crippen LogP contribution in [-0.2, 0) is 19.9 Å². The summed E-state index contributed by atoms with van der Waals surface area (Å²) >= 11 is 12.8. The summed E-state index contributed by atoms with van der Waals surface area (Å²) in [7, 11) is -8.43. The zero-order valence-corrected chi connectivity index (χ0v) is 40.8. The second-order valence-electron chi connectivity index (χ2n) is 17.6. The number of carbonyl (C=O) groups is 1. The van der Waals surface area contributed by atoms with Crippen molar-refractivity contribution < 1.29 is 30.4 Å². The van der Waals surface area contributed by atoms with Crippen molar-refractivity contribution in [2.45, 2.75) is 84.9 Å². The Morgan fingerprint density at radius 2 is 1.58 bits per heavy atom. The van der Waals surface area contributed by atoms with E-state index in [9.17, 15) is 30.4 Å². The van der Waals surface area contributed by atoms with Gasteiger partial charge in [-0.2, -0.15) is 8.78 Å². The first-order chi connectivity index (χ1) is 30.1. The molecule has 346 valence electrons. The molecule has 1 amide bonds. The molecule has 1 saturated heterocycles. The third-order valence-electron chi connectivity index (χ3n) is 12.0. The average Bonchev–Trinajstić information content (AvgIpc) is 3.24. The highest BCUT2D eigenvalue weighted by atomic mass is 35.5. The summed E-state index contributed by atoms with van der Waals surface area (Å²) in [5, 5.41) is 3.81. The molecule has 2 aliphatic rings. The molecule has 1 heterocycles. The number of nitrogens with zero attached hydrogens (tertiary/aromatic N) is 3. The van der Waals surface area contributed by atoms with Crippen LogP contribution in [0.25, 0.3) is 5.57 Å². The first kappa shape index (κ1) is 49.7. The number of anilines is 2. The molecule has 1 aliphatic carbocycles. The van der Waals surface area contributed by atoms with E-state index in [1.165, 1.54) is 40.6 Å². The lowest BCUT2D eigenvalue weighted by molar-refractivity contribution is 0.0981. The van der Waals surface area contributed by atoms with Crippen LogP contribution >= 0.6 is 35.0 Å². The molecule has 0 bridgehead atoms. The zero-order valence-electron chi connectivity index (χ0n) is 36.8. The zero-order chi connectivity index (χ0) is 46.5. The van der Waals surface area contributed by atoms with Gasteiger partial charge in [0, 0.05) is 78.3 Å². The highest BCUT2D eigenvalue weighted by Gasteiger charge is 2.46. The highest BCUT2D eigenvalue weighted by molar-refractivity contribution is 7.99. The molecule has 0 unspecified atom stereocenters. The summed E-state index contributed by atoms with van der Waals surface area (Å²) in [5.41, 5.74) is 4.98. The predicted molar refractivity (Wildman–Crippen MR) is 257 cm³/mol. The lowest BCUT2D eigenvalue weighted by atomic mass is 9.73. The topological polar surface area (TPSA) is 119 Å². The predicted octanol–water partition coefficient (Wildman–Crippen LogP) is 10.1. The van der Waals surface area contributed by atoms with E-state index >= 15 is 0 Å². The molecule has 10 nitrogen and oxygen atoms in total. The number of allylic oxidation sites excluding steroid dienone is 1. The van der Waals surface area contributed by atoms with Crippen LogP contribution in [0.15, 0.2) is 117 Å². The van der Waals surface area contributed by atoms with Gasteiger partial charge in [-0.15, -0.1) is 11.8 Å². The number of nitrogens with one attached hydrogen (secondary N) is 2. The SMILES string of the molecule is CC(C)N(C)CC[C@H](CSc1ccccc1)Nc1ccc(S(=O)(=O)NC(=O)c2ccc(N3CCN(CC4=C(c5ccc(Cl)cc5)CCC(C)(C)C4)CC3)cc2)cc1S(=O)(=O)C(F)(F)Cl. The number of benzene rings is 4. The fourth-order valence-corrected chi connectivity index (χ4v) is 11.3. The van der Waals surface area contributed by atoms with E-state index < -0.39 is 46.3 Å². The fraction of sp³-hybridized carbons (Fsp3) is 0.426. The maximum atomic E-state index is 14.6. The van der Waals surface area contributed by atoms with Crippen LogP contribution in [0.2, 0.25) is 5.02 Å². The maximum absolute atomic E-state index is 14.6. The van der Waals surface area contributed by atoms with Crippen LogP contribution in [0, 0.1) is 5.41 Å². The van der Waals surface area contributed by atoms with Gasteiger partial charge in [0.05, 0.1) is 15.5 Å². The van der Waals surface area contributed by atoms with Gasteiger partial charge in [0.1, 0.15) is 0 Å². The Labute approximate surface area is 391 Å². The molecule has 6 rings (SSSR count). The normalized spacial score (nSPS) is 16.9. The minimum atomic E-state index is -5.61. The molecule has 2 N–H and O–H groups in total. The molecule has 0 radical (unpaired) electrons. The standard InChI is InChI=1S/C47H57Cl2F2N5O5S3/c1-33(2)54(5)24-22-38(32-62-40-9-7-6-8-10-40)52-43-20-19-41(29-44(43)63(58,59)47(49,50)51)64(60,61)53-45(57)35-13-17-39(18-14-35)56-27-25-55(26-28-56)31-36-30-46(3,4)23-21-42(36)34-11-15-37(48)16-12-34/h6-20,29,33,38,52H,21-28,30-32H2,1-5H3,(H,53,57)/t38-/m1/s1. The van der Waals surface area contributed by atoms with Crippen molar-refractivity contribution >= 4 is 77.7 Å². The molecule has 1 atom stereocenters. The number of halogens is 4. The molecular formula is C47H57Cl2F2N5O5S3. The number of thioether (sulfide) groups is 1. The van der Waals surface area contributed by atoms with Gasteiger partial charge in [-0.05, 0) is 141 Å². The second kappa shape index (κ2) is 20.9. The van der Waals surface area contributed by atoms with E-state index in [1.54, 1.807) is 12.1 Å². The van der Waals surface area contributed by atoms with Crippen LogP contribution in [0.5, 0.6) is 0 Å². The number of carbonyl (C=O) groups excluding carboxylic acids is 1. The monoisotopic (exact) mass is 975 g/mol. The first-order valence-electron chi connectivity index (χ1n) is 21.3. The number of sulfone groups is 1. The number of alkyl halides is 3.